The molecule has 0 heterocycles. The van der Waals surface area contributed by atoms with Crippen LogP contribution in [0.5, 0.6) is 0 Å². The van der Waals surface area contributed by atoms with Crippen LogP contribution in [0.2, 0.25) is 0 Å². The number of thiol groups is 1. The summed E-state index contributed by atoms with van der Waals surface area (Å²) < 4.78 is -1.23. The number of aliphatic carboxylic acids is 2. The maximum absolute atomic E-state index is 11.1. The molecule has 0 spiro atoms. The summed E-state index contributed by atoms with van der Waals surface area (Å²) in [6.07, 6.45) is -0.669. The summed E-state index contributed by atoms with van der Waals surface area (Å²) in [5, 5.41) is 36.2. The van der Waals surface area contributed by atoms with E-state index in [1.807, 2.05) is 0 Å². The highest BCUT2D eigenvalue weighted by Gasteiger charge is 2.45. The second-order valence-corrected chi connectivity index (χ2v) is 6.61. The first-order chi connectivity index (χ1) is 9.34. The topological polar surface area (TPSA) is 193 Å². The van der Waals surface area contributed by atoms with Gasteiger partial charge in [-0.05, 0) is 19.8 Å². The maximum atomic E-state index is 11.1. The van der Waals surface area contributed by atoms with E-state index in [1.54, 1.807) is 0 Å². The minimum absolute atomic E-state index is 0.322. The maximum Gasteiger partial charge on any atom is 0.326 e. The summed E-state index contributed by atoms with van der Waals surface area (Å²) in [5.41, 5.74) is 13.0. The van der Waals surface area contributed by atoms with Gasteiger partial charge in [0, 0.05) is 10.8 Å². The molecule has 0 aromatic heterocycles. The zero-order valence-corrected chi connectivity index (χ0v) is 12.6. The molecule has 0 aliphatic carbocycles. The van der Waals surface area contributed by atoms with Crippen LogP contribution in [0.15, 0.2) is 0 Å². The molecule has 124 valence electrons. The van der Waals surface area contributed by atoms with Gasteiger partial charge in [0.25, 0.3) is 0 Å². The van der Waals surface area contributed by atoms with Crippen molar-refractivity contribution in [3.05, 3.63) is 0 Å². The molecule has 0 amide bonds. The van der Waals surface area contributed by atoms with Crippen molar-refractivity contribution in [2.75, 3.05) is 13.2 Å². The average Bonchev–Trinajstić information content (AvgIpc) is 2.37. The Morgan fingerprint density at radius 2 is 1.48 bits per heavy atom. The van der Waals surface area contributed by atoms with Gasteiger partial charge in [0.15, 0.2) is 0 Å². The van der Waals surface area contributed by atoms with E-state index in [0.717, 1.165) is 0 Å². The fourth-order valence-electron chi connectivity index (χ4n) is 1.80. The van der Waals surface area contributed by atoms with Gasteiger partial charge in [-0.25, -0.2) is 0 Å². The lowest BCUT2D eigenvalue weighted by Gasteiger charge is -2.39. The molecule has 21 heavy (non-hydrogen) atoms. The summed E-state index contributed by atoms with van der Waals surface area (Å²) in [6, 6.07) is -0.983. The highest BCUT2D eigenvalue weighted by atomic mass is 32.1. The number of aliphatic hydroxyl groups excluding tert-OH is 2. The standard InChI is InChI=1S/C11H23N3O6S/c1-9(21,3-11(14,5-16)8(19)20)6(12)2-10(13,4-15)7(17)18/h6,15-16,21H,2-5,12-14H2,1H3,(H,17,18)(H,19,20)/t6-,9-,10?,11?/m0/s1. The minimum atomic E-state index is -1.97. The SMILES string of the molecule is C[C@](S)(CC(N)(CO)C(=O)O)[C@@H](N)CC(N)(CO)C(=O)O. The average molecular weight is 325 g/mol. The van der Waals surface area contributed by atoms with Gasteiger partial charge in [0.05, 0.1) is 13.2 Å². The van der Waals surface area contributed by atoms with Crippen LogP contribution in [0.3, 0.4) is 0 Å². The van der Waals surface area contributed by atoms with E-state index in [4.69, 9.17) is 37.6 Å². The van der Waals surface area contributed by atoms with Gasteiger partial charge in [-0.1, -0.05) is 0 Å². The monoisotopic (exact) mass is 325 g/mol. The molecule has 9 nitrogen and oxygen atoms in total. The van der Waals surface area contributed by atoms with Crippen LogP contribution in [-0.4, -0.2) is 67.4 Å². The highest BCUT2D eigenvalue weighted by Crippen LogP contribution is 2.31. The zero-order valence-electron chi connectivity index (χ0n) is 11.7. The molecule has 0 aromatic carbocycles. The first-order valence-corrected chi connectivity index (χ1v) is 6.53. The fourth-order valence-corrected chi connectivity index (χ4v) is 2.17. The number of hydrogen-bond acceptors (Lipinski definition) is 8. The number of aliphatic hydroxyl groups is 2. The summed E-state index contributed by atoms with van der Waals surface area (Å²) in [4.78, 5) is 22.1. The van der Waals surface area contributed by atoms with Crippen molar-refractivity contribution in [3.63, 3.8) is 0 Å². The predicted octanol–water partition coefficient (Wildman–Crippen LogP) is -2.67. The molecule has 0 aliphatic rings. The number of carbonyl (C=O) groups is 2. The molecule has 10 heteroatoms. The van der Waals surface area contributed by atoms with Crippen LogP contribution in [-0.2, 0) is 9.59 Å². The molecule has 0 aromatic rings. The largest absolute Gasteiger partial charge is 0.480 e. The molecule has 10 N–H and O–H groups in total. The predicted molar refractivity (Wildman–Crippen MR) is 77.9 cm³/mol. The quantitative estimate of drug-likeness (QED) is 0.209. The Kier molecular flexibility index (Phi) is 6.60. The Balaban J connectivity index is 5.16. The summed E-state index contributed by atoms with van der Waals surface area (Å²) in [7, 11) is 0. The van der Waals surface area contributed by atoms with Crippen LogP contribution >= 0.6 is 12.6 Å². The number of rotatable bonds is 9. The Hall–Kier alpha value is -0.910. The second-order valence-electron chi connectivity index (χ2n) is 5.58. The number of hydrogen-bond donors (Lipinski definition) is 8. The van der Waals surface area contributed by atoms with Crippen molar-refractivity contribution in [2.45, 2.75) is 41.6 Å². The van der Waals surface area contributed by atoms with Gasteiger partial charge in [-0.2, -0.15) is 12.6 Å². The lowest BCUT2D eigenvalue weighted by molar-refractivity contribution is -0.147. The van der Waals surface area contributed by atoms with Crippen molar-refractivity contribution in [1.29, 1.82) is 0 Å². The van der Waals surface area contributed by atoms with E-state index in [1.165, 1.54) is 6.92 Å². The van der Waals surface area contributed by atoms with Crippen molar-refractivity contribution >= 4 is 24.6 Å². The van der Waals surface area contributed by atoms with E-state index >= 15 is 0 Å². The van der Waals surface area contributed by atoms with Gasteiger partial charge in [0.1, 0.15) is 11.1 Å². The molecule has 0 fully saturated rings. The minimum Gasteiger partial charge on any atom is -0.480 e. The third-order valence-corrected chi connectivity index (χ3v) is 3.96. The number of carboxylic acids is 2. The van der Waals surface area contributed by atoms with Crippen LogP contribution < -0.4 is 17.2 Å². The van der Waals surface area contributed by atoms with Gasteiger partial charge >= 0.3 is 11.9 Å². The molecule has 0 saturated heterocycles. The van der Waals surface area contributed by atoms with E-state index in [0.29, 0.717) is 0 Å². The van der Waals surface area contributed by atoms with Crippen molar-refractivity contribution < 1.29 is 30.0 Å². The first-order valence-electron chi connectivity index (χ1n) is 6.09. The molecule has 0 bridgehead atoms. The lowest BCUT2D eigenvalue weighted by atomic mass is 9.80. The Morgan fingerprint density at radius 3 is 1.76 bits per heavy atom. The fraction of sp³-hybridized carbons (Fsp3) is 0.818. The molecular weight excluding hydrogens is 302 g/mol. The van der Waals surface area contributed by atoms with Gasteiger partial charge in [0.2, 0.25) is 0 Å². The molecule has 0 saturated carbocycles. The van der Waals surface area contributed by atoms with Gasteiger partial charge in [-0.15, -0.1) is 0 Å². The van der Waals surface area contributed by atoms with Crippen molar-refractivity contribution in [1.82, 2.24) is 0 Å². The third-order valence-electron chi connectivity index (χ3n) is 3.47. The van der Waals surface area contributed by atoms with Crippen molar-refractivity contribution in [3.8, 4) is 0 Å². The first kappa shape index (κ1) is 20.1. The number of carboxylic acid groups (broad SMARTS) is 2. The lowest BCUT2D eigenvalue weighted by Crippen LogP contribution is -2.61. The molecule has 0 rings (SSSR count). The highest BCUT2D eigenvalue weighted by molar-refractivity contribution is 7.81. The van der Waals surface area contributed by atoms with Crippen LogP contribution in [0.4, 0.5) is 0 Å². The van der Waals surface area contributed by atoms with Gasteiger partial charge in [-0.3, -0.25) is 9.59 Å². The Morgan fingerprint density at radius 1 is 1.10 bits per heavy atom. The smallest absolute Gasteiger partial charge is 0.326 e. The van der Waals surface area contributed by atoms with Gasteiger partial charge < -0.3 is 37.6 Å². The van der Waals surface area contributed by atoms with Crippen LogP contribution in [0.1, 0.15) is 19.8 Å². The van der Waals surface area contributed by atoms with E-state index in [9.17, 15) is 9.59 Å². The van der Waals surface area contributed by atoms with Crippen molar-refractivity contribution in [2.24, 2.45) is 17.2 Å². The molecule has 2 unspecified atom stereocenters. The van der Waals surface area contributed by atoms with Crippen LogP contribution in [0.25, 0.3) is 0 Å². The second kappa shape index (κ2) is 6.90. The number of nitrogens with two attached hydrogens (primary N) is 3. The normalized spacial score (nSPS) is 21.7. The van der Waals surface area contributed by atoms with E-state index < -0.39 is 47.0 Å². The van der Waals surface area contributed by atoms with E-state index in [-0.39, 0.29) is 12.8 Å². The zero-order chi connectivity index (χ0) is 17.1. The summed E-state index contributed by atoms with van der Waals surface area (Å²) in [6.45, 7) is -0.217. The summed E-state index contributed by atoms with van der Waals surface area (Å²) in [5.74, 6) is -2.87. The van der Waals surface area contributed by atoms with Crippen LogP contribution in [0, 0.1) is 0 Å². The van der Waals surface area contributed by atoms with E-state index in [2.05, 4.69) is 12.6 Å². The third kappa shape index (κ3) is 4.80. The Labute approximate surface area is 127 Å². The molecule has 0 radical (unpaired) electrons. The summed E-state index contributed by atoms with van der Waals surface area (Å²) >= 11 is 4.23. The molecule has 4 atom stereocenters. The molecule has 0 aliphatic heterocycles. The molecular formula is C11H23N3O6S. The Bertz CT molecular complexity index is 407.